The average Bonchev–Trinajstić information content (AvgIpc) is 2.11. The van der Waals surface area contributed by atoms with Gasteiger partial charge in [-0.05, 0) is 31.0 Å². The molecule has 1 atom stereocenters. The third-order valence-corrected chi connectivity index (χ3v) is 2.73. The van der Waals surface area contributed by atoms with Crippen LogP contribution in [0.25, 0.3) is 0 Å². The first-order valence-corrected chi connectivity index (χ1v) is 5.14. The molecule has 82 valence electrons. The maximum absolute atomic E-state index is 10.8. The monoisotopic (exact) mass is 247 g/mol. The van der Waals surface area contributed by atoms with Crippen molar-refractivity contribution in [3.8, 4) is 0 Å². The van der Waals surface area contributed by atoms with Gasteiger partial charge in [0.15, 0.2) is 0 Å². The number of carbonyl (C=O) groups is 1. The molecule has 15 heavy (non-hydrogen) atoms. The molecule has 1 rings (SSSR count). The number of nitrogens with two attached hydrogens (primary N) is 1. The standard InChI is InChI=1S/C10H11Cl2NO2/c1-5(13)4-7-8(11)3-2-6(9(7)12)10(14)15/h2-3,5H,4,13H2,1H3,(H,14,15)/t5-/m1/s1. The van der Waals surface area contributed by atoms with Gasteiger partial charge in [-0.1, -0.05) is 23.2 Å². The SMILES string of the molecule is C[C@@H](N)Cc1c(Cl)ccc(C(=O)O)c1Cl. The van der Waals surface area contributed by atoms with Crippen molar-refractivity contribution in [1.82, 2.24) is 0 Å². The molecule has 0 spiro atoms. The van der Waals surface area contributed by atoms with E-state index in [9.17, 15) is 4.79 Å². The molecule has 5 heteroatoms. The fourth-order valence-corrected chi connectivity index (χ4v) is 1.88. The Hall–Kier alpha value is -0.770. The molecule has 0 radical (unpaired) electrons. The number of carboxylic acids is 1. The van der Waals surface area contributed by atoms with Crippen molar-refractivity contribution < 1.29 is 9.90 Å². The van der Waals surface area contributed by atoms with E-state index in [1.165, 1.54) is 12.1 Å². The Bertz CT molecular complexity index is 391. The topological polar surface area (TPSA) is 63.3 Å². The molecule has 1 aromatic rings. The molecule has 0 saturated carbocycles. The molecule has 0 aliphatic heterocycles. The average molecular weight is 248 g/mol. The Balaban J connectivity index is 3.24. The van der Waals surface area contributed by atoms with Gasteiger partial charge < -0.3 is 10.8 Å². The second kappa shape index (κ2) is 4.84. The fourth-order valence-electron chi connectivity index (χ4n) is 1.27. The summed E-state index contributed by atoms with van der Waals surface area (Å²) in [5.41, 5.74) is 6.27. The van der Waals surface area contributed by atoms with Crippen molar-refractivity contribution in [2.45, 2.75) is 19.4 Å². The Kier molecular flexibility index (Phi) is 3.97. The van der Waals surface area contributed by atoms with Gasteiger partial charge in [0.1, 0.15) is 0 Å². The summed E-state index contributed by atoms with van der Waals surface area (Å²) < 4.78 is 0. The zero-order chi connectivity index (χ0) is 11.6. The van der Waals surface area contributed by atoms with E-state index in [0.29, 0.717) is 17.0 Å². The van der Waals surface area contributed by atoms with Crippen molar-refractivity contribution in [3.63, 3.8) is 0 Å². The highest BCUT2D eigenvalue weighted by atomic mass is 35.5. The maximum Gasteiger partial charge on any atom is 0.337 e. The van der Waals surface area contributed by atoms with Crippen LogP contribution in [0.3, 0.4) is 0 Å². The molecule has 0 heterocycles. The molecule has 0 bridgehead atoms. The fraction of sp³-hybridized carbons (Fsp3) is 0.300. The van der Waals surface area contributed by atoms with Gasteiger partial charge in [0, 0.05) is 11.1 Å². The minimum atomic E-state index is -1.07. The quantitative estimate of drug-likeness (QED) is 0.864. The van der Waals surface area contributed by atoms with E-state index in [-0.39, 0.29) is 16.6 Å². The maximum atomic E-state index is 10.8. The lowest BCUT2D eigenvalue weighted by Gasteiger charge is -2.11. The van der Waals surface area contributed by atoms with Gasteiger partial charge in [0.2, 0.25) is 0 Å². The molecule has 0 amide bonds. The molecule has 0 fully saturated rings. The predicted octanol–water partition coefficient (Wildman–Crippen LogP) is 2.58. The summed E-state index contributed by atoms with van der Waals surface area (Å²) in [5.74, 6) is -1.07. The number of aromatic carboxylic acids is 1. The highest BCUT2D eigenvalue weighted by molar-refractivity contribution is 6.37. The molecule has 0 aromatic heterocycles. The number of rotatable bonds is 3. The number of carboxylic acid groups (broad SMARTS) is 1. The minimum Gasteiger partial charge on any atom is -0.478 e. The molecule has 0 aliphatic carbocycles. The number of hydrogen-bond acceptors (Lipinski definition) is 2. The molecule has 3 N–H and O–H groups in total. The lowest BCUT2D eigenvalue weighted by molar-refractivity contribution is 0.0697. The molecule has 0 unspecified atom stereocenters. The lowest BCUT2D eigenvalue weighted by Crippen LogP contribution is -2.18. The molecule has 0 saturated heterocycles. The first-order valence-electron chi connectivity index (χ1n) is 4.39. The summed E-state index contributed by atoms with van der Waals surface area (Å²) in [6.45, 7) is 1.81. The molecular weight excluding hydrogens is 237 g/mol. The Morgan fingerprint density at radius 2 is 2.13 bits per heavy atom. The van der Waals surface area contributed by atoms with E-state index in [4.69, 9.17) is 34.0 Å². The number of benzene rings is 1. The van der Waals surface area contributed by atoms with E-state index >= 15 is 0 Å². The van der Waals surface area contributed by atoms with Crippen LogP contribution >= 0.6 is 23.2 Å². The van der Waals surface area contributed by atoms with Crippen molar-refractivity contribution in [2.24, 2.45) is 5.73 Å². The summed E-state index contributed by atoms with van der Waals surface area (Å²) >= 11 is 11.8. The van der Waals surface area contributed by atoms with Crippen LogP contribution in [-0.2, 0) is 6.42 Å². The van der Waals surface area contributed by atoms with E-state index in [2.05, 4.69) is 0 Å². The number of halogens is 2. The van der Waals surface area contributed by atoms with Crippen molar-refractivity contribution in [2.75, 3.05) is 0 Å². The van der Waals surface area contributed by atoms with Gasteiger partial charge in [0.25, 0.3) is 0 Å². The molecular formula is C10H11Cl2NO2. The van der Waals surface area contributed by atoms with Crippen molar-refractivity contribution >= 4 is 29.2 Å². The molecule has 1 aromatic carbocycles. The van der Waals surface area contributed by atoms with E-state index in [0.717, 1.165) is 0 Å². The summed E-state index contributed by atoms with van der Waals surface area (Å²) in [7, 11) is 0. The Morgan fingerprint density at radius 3 is 2.60 bits per heavy atom. The number of hydrogen-bond donors (Lipinski definition) is 2. The zero-order valence-corrected chi connectivity index (χ0v) is 9.64. The highest BCUT2D eigenvalue weighted by Crippen LogP contribution is 2.29. The summed E-state index contributed by atoms with van der Waals surface area (Å²) in [4.78, 5) is 10.8. The largest absolute Gasteiger partial charge is 0.478 e. The Morgan fingerprint density at radius 1 is 1.53 bits per heavy atom. The smallest absolute Gasteiger partial charge is 0.337 e. The first-order chi connectivity index (χ1) is 6.93. The van der Waals surface area contributed by atoms with E-state index in [1.54, 1.807) is 6.92 Å². The van der Waals surface area contributed by atoms with Crippen LogP contribution in [0.5, 0.6) is 0 Å². The molecule has 0 aliphatic rings. The second-order valence-corrected chi connectivity index (χ2v) is 4.16. The normalized spacial score (nSPS) is 12.5. The van der Waals surface area contributed by atoms with Crippen LogP contribution in [-0.4, -0.2) is 17.1 Å². The van der Waals surface area contributed by atoms with Crippen LogP contribution in [0.2, 0.25) is 10.0 Å². The lowest BCUT2D eigenvalue weighted by atomic mass is 10.0. The van der Waals surface area contributed by atoms with Gasteiger partial charge in [-0.3, -0.25) is 0 Å². The van der Waals surface area contributed by atoms with E-state index in [1.807, 2.05) is 0 Å². The van der Waals surface area contributed by atoms with Gasteiger partial charge in [-0.2, -0.15) is 0 Å². The van der Waals surface area contributed by atoms with Crippen LogP contribution in [0.4, 0.5) is 0 Å². The predicted molar refractivity (Wildman–Crippen MR) is 60.8 cm³/mol. The summed E-state index contributed by atoms with van der Waals surface area (Å²) in [5, 5.41) is 9.48. The first kappa shape index (κ1) is 12.3. The van der Waals surface area contributed by atoms with Crippen LogP contribution in [0.15, 0.2) is 12.1 Å². The van der Waals surface area contributed by atoms with Gasteiger partial charge in [0.05, 0.1) is 10.6 Å². The van der Waals surface area contributed by atoms with Crippen LogP contribution < -0.4 is 5.73 Å². The van der Waals surface area contributed by atoms with Crippen LogP contribution in [0.1, 0.15) is 22.8 Å². The summed E-state index contributed by atoms with van der Waals surface area (Å²) in [6, 6.07) is 2.79. The highest BCUT2D eigenvalue weighted by Gasteiger charge is 2.16. The minimum absolute atomic E-state index is 0.0525. The van der Waals surface area contributed by atoms with Crippen molar-refractivity contribution in [3.05, 3.63) is 33.3 Å². The van der Waals surface area contributed by atoms with Gasteiger partial charge in [-0.25, -0.2) is 4.79 Å². The van der Waals surface area contributed by atoms with E-state index < -0.39 is 5.97 Å². The third kappa shape index (κ3) is 2.84. The van der Waals surface area contributed by atoms with Crippen molar-refractivity contribution in [1.29, 1.82) is 0 Å². The second-order valence-electron chi connectivity index (χ2n) is 3.37. The van der Waals surface area contributed by atoms with Gasteiger partial charge >= 0.3 is 5.97 Å². The third-order valence-electron chi connectivity index (χ3n) is 1.94. The molecule has 3 nitrogen and oxygen atoms in total. The van der Waals surface area contributed by atoms with Gasteiger partial charge in [-0.15, -0.1) is 0 Å². The summed E-state index contributed by atoms with van der Waals surface area (Å²) in [6.07, 6.45) is 0.457. The Labute approximate surface area is 97.8 Å². The van der Waals surface area contributed by atoms with Crippen LogP contribution in [0, 0.1) is 0 Å². The zero-order valence-electron chi connectivity index (χ0n) is 8.13.